The molecule has 2 unspecified atom stereocenters. The molecule has 1 N–H and O–H groups in total. The van der Waals surface area contributed by atoms with Crippen LogP contribution in [0, 0.1) is 44.4 Å². The lowest BCUT2D eigenvalue weighted by Crippen LogP contribution is -2.38. The van der Waals surface area contributed by atoms with Crippen LogP contribution in [0.5, 0.6) is 0 Å². The Bertz CT molecular complexity index is 2140. The van der Waals surface area contributed by atoms with Crippen LogP contribution in [-0.2, 0) is 52.2 Å². The smallest absolute Gasteiger partial charge is 0.338 e. The van der Waals surface area contributed by atoms with Crippen molar-refractivity contribution in [1.29, 1.82) is 0 Å². The minimum atomic E-state index is -1.33. The third-order valence-corrected chi connectivity index (χ3v) is 15.7. The summed E-state index contributed by atoms with van der Waals surface area (Å²) < 4.78 is 50.7. The molecule has 0 aliphatic carbocycles. The van der Waals surface area contributed by atoms with Gasteiger partial charge in [-0.3, -0.25) is 9.59 Å². The summed E-state index contributed by atoms with van der Waals surface area (Å²) in [7, 11) is -1.08. The Morgan fingerprint density at radius 3 is 1.34 bits per heavy atom. The highest BCUT2D eigenvalue weighted by Gasteiger charge is 2.46. The predicted octanol–water partition coefficient (Wildman–Crippen LogP) is 12.7. The molecule has 2 aliphatic rings. The van der Waals surface area contributed by atoms with Crippen LogP contribution in [0.3, 0.4) is 0 Å². The third-order valence-electron chi connectivity index (χ3n) is 12.0. The number of benzene rings is 2. The summed E-state index contributed by atoms with van der Waals surface area (Å²) in [6.07, 6.45) is 4.15. The van der Waals surface area contributed by atoms with Crippen molar-refractivity contribution in [3.63, 3.8) is 0 Å². The number of ether oxygens (including phenoxy) is 9. The van der Waals surface area contributed by atoms with Crippen LogP contribution in [-0.4, -0.2) is 127 Å². The summed E-state index contributed by atoms with van der Waals surface area (Å²) in [5.74, 6) is -3.06. The first-order valence-electron chi connectivity index (χ1n) is 26.4. The van der Waals surface area contributed by atoms with E-state index in [1.165, 1.54) is 0 Å². The summed E-state index contributed by atoms with van der Waals surface area (Å²) in [6, 6.07) is 9.96. The maximum Gasteiger partial charge on any atom is 0.338 e. The van der Waals surface area contributed by atoms with Gasteiger partial charge in [-0.05, 0) is 131 Å². The molecule has 2 aromatic rings. The number of hydrogen-bond acceptors (Lipinski definition) is 14. The van der Waals surface area contributed by atoms with Gasteiger partial charge in [-0.15, -0.1) is 0 Å². The molecule has 2 heterocycles. The molecule has 0 bridgehead atoms. The number of aryl methyl sites for hydroxylation is 4. The molecular weight excluding hydrogens is 1020 g/mol. The maximum absolute atomic E-state index is 13.0. The van der Waals surface area contributed by atoms with Gasteiger partial charge in [0, 0.05) is 29.2 Å². The van der Waals surface area contributed by atoms with Gasteiger partial charge in [-0.1, -0.05) is 118 Å². The van der Waals surface area contributed by atoms with Crippen molar-refractivity contribution < 1.29 is 66.9 Å². The average Bonchev–Trinajstić information content (AvgIpc) is 3.76. The van der Waals surface area contributed by atoms with Gasteiger partial charge in [0.15, 0.2) is 11.6 Å². The fourth-order valence-corrected chi connectivity index (χ4v) is 9.44. The molecule has 17 heteroatoms. The van der Waals surface area contributed by atoms with Gasteiger partial charge in [0.05, 0.1) is 41.3 Å². The zero-order valence-corrected chi connectivity index (χ0v) is 52.9. The summed E-state index contributed by atoms with van der Waals surface area (Å²) in [6.45, 7) is 42.3. The van der Waals surface area contributed by atoms with Crippen molar-refractivity contribution >= 4 is 63.8 Å². The minimum Gasteiger partial charge on any atom is -0.462 e. The molecule has 2 saturated heterocycles. The highest BCUT2D eigenvalue weighted by atomic mass is 35.5. The maximum atomic E-state index is 13.0. The van der Waals surface area contributed by atoms with E-state index in [0.717, 1.165) is 39.9 Å². The van der Waals surface area contributed by atoms with Crippen LogP contribution in [0.1, 0.15) is 130 Å². The third kappa shape index (κ3) is 23.7. The van der Waals surface area contributed by atoms with Crippen molar-refractivity contribution in [1.82, 2.24) is 0 Å². The molecule has 0 aromatic heterocycles. The molecule has 76 heavy (non-hydrogen) atoms. The van der Waals surface area contributed by atoms with Crippen LogP contribution in [0.15, 0.2) is 36.4 Å². The molecule has 0 amide bonds. The predicted molar refractivity (Wildman–Crippen MR) is 308 cm³/mol. The number of aliphatic hydroxyl groups is 1. The zero-order valence-electron chi connectivity index (χ0n) is 50.2. The summed E-state index contributed by atoms with van der Waals surface area (Å²) >= 11 is 4.96. The van der Waals surface area contributed by atoms with E-state index in [1.54, 1.807) is 53.9 Å². The number of carbonyl (C=O) groups is 4. The number of carbonyl (C=O) groups excluding carboxylic acids is 4. The monoisotopic (exact) mass is 1120 g/mol. The summed E-state index contributed by atoms with van der Waals surface area (Å²) in [5, 5.41) is 11.0. The molecule has 2 aromatic carbocycles. The molecule has 4 rings (SSSR count). The van der Waals surface area contributed by atoms with Gasteiger partial charge in [-0.25, -0.2) is 9.59 Å². The van der Waals surface area contributed by atoms with Crippen molar-refractivity contribution in [2.45, 2.75) is 197 Å². The Labute approximate surface area is 463 Å². The number of hydrogen-bond donors (Lipinski definition) is 1. The van der Waals surface area contributed by atoms with Crippen molar-refractivity contribution in [3.8, 4) is 0 Å². The number of esters is 4. The van der Waals surface area contributed by atoms with Gasteiger partial charge in [0.1, 0.15) is 43.7 Å². The van der Waals surface area contributed by atoms with Crippen LogP contribution in [0.4, 0.5) is 0 Å². The van der Waals surface area contributed by atoms with Crippen LogP contribution < -0.4 is 0 Å². The molecule has 0 spiro atoms. The second kappa shape index (κ2) is 29.0. The molecule has 2 fully saturated rings. The zero-order chi connectivity index (χ0) is 58.4. The molecule has 430 valence electrons. The molecule has 14 nitrogen and oxygen atoms in total. The van der Waals surface area contributed by atoms with E-state index in [2.05, 4.69) is 44.0 Å². The fourth-order valence-electron chi connectivity index (χ4n) is 8.01. The van der Waals surface area contributed by atoms with Crippen LogP contribution in [0.25, 0.3) is 12.2 Å². The highest BCUT2D eigenvalue weighted by Crippen LogP contribution is 2.35. The number of alkyl halides is 1. The van der Waals surface area contributed by atoms with E-state index >= 15 is 0 Å². The Hall–Kier alpha value is -3.72. The Kier molecular flexibility index (Phi) is 26.1. The average molecular weight is 1120 g/mol. The van der Waals surface area contributed by atoms with E-state index in [0.29, 0.717) is 36.0 Å². The van der Waals surface area contributed by atoms with Gasteiger partial charge < -0.3 is 47.7 Å². The molecule has 6 atom stereocenters. The molecular formula is C59H95ClO14Si2. The first-order chi connectivity index (χ1) is 34.7. The fraction of sp³-hybridized carbons (Fsp3) is 0.661. The van der Waals surface area contributed by atoms with Crippen molar-refractivity contribution in [3.05, 3.63) is 80.9 Å². The lowest BCUT2D eigenvalue weighted by Gasteiger charge is -2.23. The first-order valence-corrected chi connectivity index (χ1v) is 34.4. The lowest BCUT2D eigenvalue weighted by atomic mass is 9.95. The second-order valence-corrected chi connectivity index (χ2v) is 36.9. The summed E-state index contributed by atoms with van der Waals surface area (Å²) in [5.41, 5.74) is 5.12. The van der Waals surface area contributed by atoms with Crippen LogP contribution >= 0.6 is 11.6 Å². The second-order valence-electron chi connectivity index (χ2n) is 25.4. The van der Waals surface area contributed by atoms with E-state index < -0.39 is 63.0 Å². The quantitative estimate of drug-likeness (QED) is 0.0609. The molecule has 0 radical (unpaired) electrons. The van der Waals surface area contributed by atoms with Crippen molar-refractivity contribution in [2.75, 3.05) is 39.6 Å². The van der Waals surface area contributed by atoms with Crippen LogP contribution in [0.2, 0.25) is 51.4 Å². The minimum absolute atomic E-state index is 0.0344. The Balaban J connectivity index is 0.000000486. The first kappa shape index (κ1) is 68.4. The van der Waals surface area contributed by atoms with E-state index in [-0.39, 0.29) is 49.1 Å². The number of rotatable bonds is 19. The number of halogens is 1. The van der Waals surface area contributed by atoms with Gasteiger partial charge >= 0.3 is 23.9 Å². The summed E-state index contributed by atoms with van der Waals surface area (Å²) in [4.78, 5) is 50.5. The highest BCUT2D eigenvalue weighted by molar-refractivity contribution is 6.76. The van der Waals surface area contributed by atoms with Crippen molar-refractivity contribution in [2.24, 2.45) is 16.7 Å². The largest absolute Gasteiger partial charge is 0.462 e. The number of methoxy groups -OCH3 is 1. The van der Waals surface area contributed by atoms with E-state index in [4.69, 9.17) is 49.5 Å². The molecule has 2 aliphatic heterocycles. The number of aliphatic hydroxyl groups excluding tert-OH is 1. The Morgan fingerprint density at radius 1 is 0.632 bits per heavy atom. The molecule has 0 saturated carbocycles. The normalized spacial score (nSPS) is 20.3. The van der Waals surface area contributed by atoms with E-state index in [9.17, 15) is 24.3 Å². The van der Waals surface area contributed by atoms with Gasteiger partial charge in [0.25, 0.3) is 0 Å². The van der Waals surface area contributed by atoms with Gasteiger partial charge in [0.2, 0.25) is 0 Å². The standard InChI is InChI=1S/C29H46O6Si.C28H44O7Si.C2H5ClO/c1-19-16-21(3)24(26(30)32-14-15-36(9,10)11)22(17-19)13-12-20(2)25-23(34-29(7,8)35-25)18-33-27(31)28(4,5)6;1-18-15-19(2)23(25(30)32-13-14-36(8,9)10)20(16-18)11-12-21(29)24-22(34-28(6,7)35-24)17-33-26(31)27(3,4)5;1-4-2-3/h12-13,16-17,20,23,25H,14-15,18H2,1-11H3;11-12,15-16,21-22,24,29H,13-14,17H2,1-10H3;2H2,1H3/b13-12+;12-11+;/t20?,23-,25+;21?,22-,24+;/m11./s1. The van der Waals surface area contributed by atoms with E-state index in [1.807, 2.05) is 106 Å². The topological polar surface area (TPSA) is 172 Å². The lowest BCUT2D eigenvalue weighted by molar-refractivity contribution is -0.166. The van der Waals surface area contributed by atoms with Gasteiger partial charge in [-0.2, -0.15) is 0 Å². The Morgan fingerprint density at radius 2 is 0.987 bits per heavy atom. The SMILES string of the molecule is COCCl.Cc1cc(C)c(C(=O)OCC[Si](C)(C)C)c(/C=C/C(C)[C@@H]2OC(C)(C)O[C@@H]2COC(=O)C(C)(C)C)c1.Cc1cc(C)c(C(=O)OCC[Si](C)(C)C)c(/C=C/C(O)[C@@H]2OC(C)(C)O[C@@H]2COC(=O)C(C)(C)C)c1.